The fourth-order valence-corrected chi connectivity index (χ4v) is 2.03. The number of unbranched alkanes of at least 4 members (excludes halogenated alkanes) is 1. The summed E-state index contributed by atoms with van der Waals surface area (Å²) in [7, 11) is 1.60. The lowest BCUT2D eigenvalue weighted by Gasteiger charge is -2.14. The van der Waals surface area contributed by atoms with Gasteiger partial charge in [0.25, 0.3) is 0 Å². The molecule has 6 heteroatoms. The molecule has 0 spiro atoms. The monoisotopic (exact) mass is 300 g/mol. The standard InChI is InChI=1S/C12H25ClO4S/c1-3-5-6-12(4-2)11-17-8-7-16-9-10-18(13,14)15/h12H,3-11H2,1-2H3. The third-order valence-electron chi connectivity index (χ3n) is 2.74. The molecule has 0 saturated heterocycles. The minimum Gasteiger partial charge on any atom is -0.379 e. The maximum Gasteiger partial charge on any atom is 0.234 e. The van der Waals surface area contributed by atoms with Gasteiger partial charge >= 0.3 is 0 Å². The zero-order chi connectivity index (χ0) is 13.9. The van der Waals surface area contributed by atoms with Crippen molar-refractivity contribution in [3.05, 3.63) is 0 Å². The minimum atomic E-state index is -3.44. The van der Waals surface area contributed by atoms with Crippen LogP contribution in [-0.2, 0) is 18.5 Å². The molecule has 0 amide bonds. The van der Waals surface area contributed by atoms with Crippen LogP contribution in [0.4, 0.5) is 0 Å². The summed E-state index contributed by atoms with van der Waals surface area (Å²) in [6.07, 6.45) is 4.79. The Morgan fingerprint density at radius 3 is 2.33 bits per heavy atom. The first-order chi connectivity index (χ1) is 8.49. The average Bonchev–Trinajstić information content (AvgIpc) is 2.30. The van der Waals surface area contributed by atoms with Crippen LogP contribution >= 0.6 is 10.7 Å². The highest BCUT2D eigenvalue weighted by atomic mass is 35.7. The van der Waals surface area contributed by atoms with E-state index in [0.29, 0.717) is 19.1 Å². The Morgan fingerprint density at radius 1 is 1.11 bits per heavy atom. The smallest absolute Gasteiger partial charge is 0.234 e. The summed E-state index contributed by atoms with van der Waals surface area (Å²) in [6, 6.07) is 0. The Morgan fingerprint density at radius 2 is 1.78 bits per heavy atom. The van der Waals surface area contributed by atoms with Crippen molar-refractivity contribution in [3.8, 4) is 0 Å². The lowest BCUT2D eigenvalue weighted by atomic mass is 10.0. The fourth-order valence-electron chi connectivity index (χ4n) is 1.53. The summed E-state index contributed by atoms with van der Waals surface area (Å²) in [5, 5.41) is 0. The number of hydrogen-bond acceptors (Lipinski definition) is 4. The second-order valence-electron chi connectivity index (χ2n) is 4.35. The zero-order valence-electron chi connectivity index (χ0n) is 11.4. The van der Waals surface area contributed by atoms with Gasteiger partial charge in [-0.05, 0) is 12.3 Å². The van der Waals surface area contributed by atoms with Gasteiger partial charge in [0.05, 0.1) is 25.6 Å². The van der Waals surface area contributed by atoms with E-state index in [1.54, 1.807) is 0 Å². The van der Waals surface area contributed by atoms with Crippen LogP contribution in [0, 0.1) is 5.92 Å². The minimum absolute atomic E-state index is 0.127. The first kappa shape index (κ1) is 18.2. The van der Waals surface area contributed by atoms with Crippen LogP contribution in [0.3, 0.4) is 0 Å². The topological polar surface area (TPSA) is 52.6 Å². The van der Waals surface area contributed by atoms with Gasteiger partial charge in [-0.3, -0.25) is 0 Å². The van der Waals surface area contributed by atoms with Crippen LogP contribution in [-0.4, -0.2) is 40.6 Å². The van der Waals surface area contributed by atoms with Crippen molar-refractivity contribution in [1.82, 2.24) is 0 Å². The van der Waals surface area contributed by atoms with Gasteiger partial charge in [-0.1, -0.05) is 33.1 Å². The molecule has 0 aromatic rings. The molecule has 0 aliphatic rings. The fraction of sp³-hybridized carbons (Fsp3) is 1.00. The molecule has 0 fully saturated rings. The third-order valence-corrected chi connectivity index (χ3v) is 3.86. The molecule has 0 N–H and O–H groups in total. The highest BCUT2D eigenvalue weighted by Gasteiger charge is 2.06. The molecule has 0 radical (unpaired) electrons. The molecule has 0 aromatic carbocycles. The van der Waals surface area contributed by atoms with Gasteiger partial charge in [-0.2, -0.15) is 0 Å². The van der Waals surface area contributed by atoms with E-state index in [0.717, 1.165) is 13.0 Å². The number of ether oxygens (including phenoxy) is 2. The summed E-state index contributed by atoms with van der Waals surface area (Å²) in [5.41, 5.74) is 0. The van der Waals surface area contributed by atoms with Gasteiger partial charge < -0.3 is 9.47 Å². The van der Waals surface area contributed by atoms with Crippen molar-refractivity contribution in [2.75, 3.05) is 32.2 Å². The maximum atomic E-state index is 10.6. The van der Waals surface area contributed by atoms with Crippen LogP contribution < -0.4 is 0 Å². The molecule has 0 aliphatic heterocycles. The van der Waals surface area contributed by atoms with E-state index >= 15 is 0 Å². The molecule has 0 aliphatic carbocycles. The number of rotatable bonds is 12. The zero-order valence-corrected chi connectivity index (χ0v) is 12.9. The summed E-state index contributed by atoms with van der Waals surface area (Å²) in [6.45, 7) is 6.16. The normalized spacial score (nSPS) is 13.7. The number of hydrogen-bond donors (Lipinski definition) is 0. The molecule has 18 heavy (non-hydrogen) atoms. The van der Waals surface area contributed by atoms with E-state index < -0.39 is 9.05 Å². The summed E-state index contributed by atoms with van der Waals surface area (Å²) < 4.78 is 31.8. The summed E-state index contributed by atoms with van der Waals surface area (Å²) in [4.78, 5) is 0. The average molecular weight is 301 g/mol. The second-order valence-corrected chi connectivity index (χ2v) is 7.24. The third kappa shape index (κ3) is 12.6. The lowest BCUT2D eigenvalue weighted by Crippen LogP contribution is -2.14. The molecule has 0 rings (SSSR count). The van der Waals surface area contributed by atoms with E-state index in [1.165, 1.54) is 19.3 Å². The van der Waals surface area contributed by atoms with Crippen LogP contribution in [0.25, 0.3) is 0 Å². The van der Waals surface area contributed by atoms with Gasteiger partial charge in [0.15, 0.2) is 0 Å². The van der Waals surface area contributed by atoms with Gasteiger partial charge in [-0.25, -0.2) is 8.42 Å². The van der Waals surface area contributed by atoms with E-state index in [4.69, 9.17) is 20.2 Å². The Kier molecular flexibility index (Phi) is 11.1. The van der Waals surface area contributed by atoms with E-state index in [-0.39, 0.29) is 12.4 Å². The molecular weight excluding hydrogens is 276 g/mol. The van der Waals surface area contributed by atoms with Crippen LogP contribution in [0.15, 0.2) is 0 Å². The van der Waals surface area contributed by atoms with Crippen molar-refractivity contribution < 1.29 is 17.9 Å². The van der Waals surface area contributed by atoms with Crippen LogP contribution in [0.1, 0.15) is 39.5 Å². The number of halogens is 1. The maximum absolute atomic E-state index is 10.6. The van der Waals surface area contributed by atoms with Crippen molar-refractivity contribution >= 4 is 19.7 Å². The first-order valence-electron chi connectivity index (χ1n) is 6.57. The Bertz CT molecular complexity index is 280. The predicted molar refractivity (Wildman–Crippen MR) is 74.6 cm³/mol. The highest BCUT2D eigenvalue weighted by Crippen LogP contribution is 2.12. The molecule has 0 saturated carbocycles. The quantitative estimate of drug-likeness (QED) is 0.411. The van der Waals surface area contributed by atoms with E-state index in [1.807, 2.05) is 0 Å². The highest BCUT2D eigenvalue weighted by molar-refractivity contribution is 8.13. The Hall–Kier alpha value is 0.160. The van der Waals surface area contributed by atoms with Crippen LogP contribution in [0.2, 0.25) is 0 Å². The molecule has 1 atom stereocenters. The molecule has 0 aromatic heterocycles. The van der Waals surface area contributed by atoms with Crippen molar-refractivity contribution in [3.63, 3.8) is 0 Å². The second kappa shape index (κ2) is 11.0. The van der Waals surface area contributed by atoms with Gasteiger partial charge in [0.1, 0.15) is 0 Å². The molecule has 1 unspecified atom stereocenters. The molecule has 110 valence electrons. The SMILES string of the molecule is CCCCC(CC)COCCOCCS(=O)(=O)Cl. The van der Waals surface area contributed by atoms with Crippen molar-refractivity contribution in [2.24, 2.45) is 5.92 Å². The predicted octanol–water partition coefficient (Wildman–Crippen LogP) is 2.80. The first-order valence-corrected chi connectivity index (χ1v) is 9.05. The molecule has 0 bridgehead atoms. The van der Waals surface area contributed by atoms with Crippen molar-refractivity contribution in [1.29, 1.82) is 0 Å². The van der Waals surface area contributed by atoms with Crippen molar-refractivity contribution in [2.45, 2.75) is 39.5 Å². The lowest BCUT2D eigenvalue weighted by molar-refractivity contribution is 0.0357. The summed E-state index contributed by atoms with van der Waals surface area (Å²) in [5.74, 6) is 0.469. The van der Waals surface area contributed by atoms with Gasteiger partial charge in [0, 0.05) is 17.3 Å². The largest absolute Gasteiger partial charge is 0.379 e. The van der Waals surface area contributed by atoms with E-state index in [9.17, 15) is 8.42 Å². The van der Waals surface area contributed by atoms with Crippen LogP contribution in [0.5, 0.6) is 0 Å². The summed E-state index contributed by atoms with van der Waals surface area (Å²) >= 11 is 0. The van der Waals surface area contributed by atoms with E-state index in [2.05, 4.69) is 13.8 Å². The molecular formula is C12H25ClO4S. The Balaban J connectivity index is 3.38. The van der Waals surface area contributed by atoms with Gasteiger partial charge in [0.2, 0.25) is 9.05 Å². The Labute approximate surface area is 115 Å². The van der Waals surface area contributed by atoms with Gasteiger partial charge in [-0.15, -0.1) is 0 Å². The molecule has 4 nitrogen and oxygen atoms in total. The molecule has 0 heterocycles.